The van der Waals surface area contributed by atoms with E-state index >= 15 is 0 Å². The van der Waals surface area contributed by atoms with Crippen molar-refractivity contribution in [3.05, 3.63) is 47.5 Å². The van der Waals surface area contributed by atoms with Gasteiger partial charge >= 0.3 is 0 Å². The van der Waals surface area contributed by atoms with Gasteiger partial charge in [0.2, 0.25) is 0 Å². The lowest BCUT2D eigenvalue weighted by atomic mass is 10.0. The van der Waals surface area contributed by atoms with E-state index in [0.717, 1.165) is 47.0 Å². The van der Waals surface area contributed by atoms with Crippen LogP contribution in [0.2, 0.25) is 0 Å². The maximum Gasteiger partial charge on any atom is 0.188 e. The van der Waals surface area contributed by atoms with Gasteiger partial charge in [-0.15, -0.1) is 0 Å². The molecular weight excluding hydrogens is 342 g/mol. The zero-order valence-electron chi connectivity index (χ0n) is 16.2. The Labute approximate surface area is 159 Å². The highest BCUT2D eigenvalue weighted by Gasteiger charge is 2.24. The van der Waals surface area contributed by atoms with Gasteiger partial charge in [0.25, 0.3) is 0 Å². The molecule has 27 heavy (non-hydrogen) atoms. The Hall–Kier alpha value is -2.79. The van der Waals surface area contributed by atoms with Crippen LogP contribution in [0.4, 0.5) is 0 Å². The first-order valence-corrected chi connectivity index (χ1v) is 9.04. The molecule has 142 valence electrons. The van der Waals surface area contributed by atoms with E-state index in [1.165, 1.54) is 0 Å². The summed E-state index contributed by atoms with van der Waals surface area (Å²) in [4.78, 5) is 11.9. The van der Waals surface area contributed by atoms with Gasteiger partial charge < -0.3 is 18.8 Å². The van der Waals surface area contributed by atoms with E-state index in [1.54, 1.807) is 20.3 Å². The third-order valence-electron chi connectivity index (χ3n) is 4.68. The van der Waals surface area contributed by atoms with Gasteiger partial charge in [0.05, 0.1) is 23.7 Å². The number of ether oxygens (including phenoxy) is 3. The molecule has 0 fully saturated rings. The Morgan fingerprint density at radius 2 is 1.89 bits per heavy atom. The van der Waals surface area contributed by atoms with Gasteiger partial charge in [0.1, 0.15) is 0 Å². The largest absolute Gasteiger partial charge is 0.493 e. The third-order valence-corrected chi connectivity index (χ3v) is 4.68. The zero-order valence-corrected chi connectivity index (χ0v) is 16.2. The lowest BCUT2D eigenvalue weighted by Gasteiger charge is -2.14. The van der Waals surface area contributed by atoms with E-state index in [2.05, 4.69) is 30.5 Å². The summed E-state index contributed by atoms with van der Waals surface area (Å²) >= 11 is 0. The summed E-state index contributed by atoms with van der Waals surface area (Å²) in [6, 6.07) is 11.9. The van der Waals surface area contributed by atoms with Crippen LogP contribution in [0.5, 0.6) is 11.5 Å². The molecule has 0 saturated carbocycles. The van der Waals surface area contributed by atoms with Crippen LogP contribution in [-0.2, 0) is 11.3 Å². The highest BCUT2D eigenvalue weighted by atomic mass is 16.7. The van der Waals surface area contributed by atoms with Crippen molar-refractivity contribution in [1.82, 2.24) is 4.57 Å². The fraction of sp³-hybridized carbons (Fsp3) is 0.318. The minimum atomic E-state index is 0.102. The number of benzene rings is 2. The molecular formula is C22H25NO4. The summed E-state index contributed by atoms with van der Waals surface area (Å²) in [6.45, 7) is 5.09. The van der Waals surface area contributed by atoms with Crippen molar-refractivity contribution in [2.45, 2.75) is 26.8 Å². The molecule has 0 aliphatic rings. The van der Waals surface area contributed by atoms with Gasteiger partial charge in [-0.3, -0.25) is 4.79 Å². The average molecular weight is 367 g/mol. The zero-order chi connectivity index (χ0) is 19.4. The molecule has 0 saturated heterocycles. The molecule has 3 aromatic rings. The van der Waals surface area contributed by atoms with E-state index in [1.807, 2.05) is 18.2 Å². The number of nitrogens with zero attached hydrogens (tertiary/aromatic N) is 1. The summed E-state index contributed by atoms with van der Waals surface area (Å²) < 4.78 is 18.7. The van der Waals surface area contributed by atoms with Gasteiger partial charge in [-0.05, 0) is 30.5 Å². The van der Waals surface area contributed by atoms with Crippen molar-refractivity contribution < 1.29 is 19.0 Å². The lowest BCUT2D eigenvalue weighted by molar-refractivity contribution is 0.0503. The first kappa shape index (κ1) is 19.0. The van der Waals surface area contributed by atoms with Crippen molar-refractivity contribution in [1.29, 1.82) is 0 Å². The van der Waals surface area contributed by atoms with E-state index in [-0.39, 0.29) is 6.79 Å². The van der Waals surface area contributed by atoms with Crippen LogP contribution < -0.4 is 9.47 Å². The van der Waals surface area contributed by atoms with Crippen LogP contribution in [0, 0.1) is 6.92 Å². The van der Waals surface area contributed by atoms with Gasteiger partial charge in [-0.25, -0.2) is 0 Å². The number of methoxy groups -OCH3 is 2. The summed E-state index contributed by atoms with van der Waals surface area (Å²) in [5.74, 6) is 1.13. The number of carbonyl (C=O) groups excluding carboxylic acids is 1. The fourth-order valence-electron chi connectivity index (χ4n) is 3.64. The summed E-state index contributed by atoms with van der Waals surface area (Å²) in [5, 5.41) is 0.890. The average Bonchev–Trinajstić information content (AvgIpc) is 2.99. The molecule has 2 aromatic carbocycles. The number of fused-ring (bicyclic) bond motifs is 1. The molecule has 0 aliphatic carbocycles. The van der Waals surface area contributed by atoms with Gasteiger partial charge in [-0.2, -0.15) is 0 Å². The van der Waals surface area contributed by atoms with Crippen LogP contribution in [-0.4, -0.2) is 31.9 Å². The van der Waals surface area contributed by atoms with Crippen molar-refractivity contribution in [2.75, 3.05) is 21.0 Å². The molecule has 1 aromatic heterocycles. The predicted molar refractivity (Wildman–Crippen MR) is 107 cm³/mol. The number of aromatic nitrogens is 1. The monoisotopic (exact) mass is 367 g/mol. The molecule has 5 nitrogen and oxygen atoms in total. The topological polar surface area (TPSA) is 49.7 Å². The van der Waals surface area contributed by atoms with Crippen LogP contribution >= 0.6 is 0 Å². The second kappa shape index (κ2) is 8.27. The minimum Gasteiger partial charge on any atom is -0.493 e. The summed E-state index contributed by atoms with van der Waals surface area (Å²) in [5.41, 5.74) is 4.71. The van der Waals surface area contributed by atoms with Gasteiger partial charge in [0.15, 0.2) is 24.6 Å². The summed E-state index contributed by atoms with van der Waals surface area (Å²) in [7, 11) is 3.15. The van der Waals surface area contributed by atoms with Gasteiger partial charge in [-0.1, -0.05) is 37.3 Å². The minimum absolute atomic E-state index is 0.102. The van der Waals surface area contributed by atoms with Crippen LogP contribution in [0.25, 0.3) is 22.2 Å². The number of hydrogen-bond acceptors (Lipinski definition) is 4. The molecule has 0 bridgehead atoms. The molecule has 0 spiro atoms. The standard InChI is InChI=1S/C22H25NO4/c1-5-11-23-20(16-9-7-6-8-10-16)15(2)19-21(23)17(13-24)12-18(26-4)22(19)27-14-25-3/h6-10,12-13H,5,11,14H2,1-4H3. The number of aldehydes is 1. The Morgan fingerprint density at radius 1 is 1.15 bits per heavy atom. The third kappa shape index (κ3) is 3.30. The van der Waals surface area contributed by atoms with Crippen LogP contribution in [0.3, 0.4) is 0 Å². The first-order chi connectivity index (χ1) is 13.2. The Balaban J connectivity index is 2.45. The van der Waals surface area contributed by atoms with Crippen molar-refractivity contribution >= 4 is 17.2 Å². The molecule has 5 heteroatoms. The normalized spacial score (nSPS) is 11.0. The molecule has 0 amide bonds. The van der Waals surface area contributed by atoms with Crippen LogP contribution in [0.1, 0.15) is 29.3 Å². The SMILES string of the molecule is CCCn1c(-c2ccccc2)c(C)c2c(OCOC)c(OC)cc(C=O)c21. The molecule has 0 aliphatic heterocycles. The summed E-state index contributed by atoms with van der Waals surface area (Å²) in [6.07, 6.45) is 1.83. The Kier molecular flexibility index (Phi) is 5.81. The smallest absolute Gasteiger partial charge is 0.188 e. The van der Waals surface area contributed by atoms with Gasteiger partial charge in [0, 0.05) is 19.2 Å². The van der Waals surface area contributed by atoms with Crippen molar-refractivity contribution in [3.8, 4) is 22.8 Å². The highest BCUT2D eigenvalue weighted by Crippen LogP contribution is 2.44. The van der Waals surface area contributed by atoms with E-state index in [9.17, 15) is 4.79 Å². The molecule has 0 unspecified atom stereocenters. The number of rotatable bonds is 8. The molecule has 0 radical (unpaired) electrons. The van der Waals surface area contributed by atoms with Crippen molar-refractivity contribution in [2.24, 2.45) is 0 Å². The van der Waals surface area contributed by atoms with E-state index < -0.39 is 0 Å². The number of carbonyl (C=O) groups is 1. The molecule has 0 atom stereocenters. The molecule has 0 N–H and O–H groups in total. The number of aryl methyl sites for hydroxylation is 2. The predicted octanol–water partition coefficient (Wildman–Crippen LogP) is 4.83. The maximum atomic E-state index is 11.9. The lowest BCUT2D eigenvalue weighted by Crippen LogP contribution is -2.04. The second-order valence-corrected chi connectivity index (χ2v) is 6.38. The fourth-order valence-corrected chi connectivity index (χ4v) is 3.64. The Morgan fingerprint density at radius 3 is 2.48 bits per heavy atom. The Bertz CT molecular complexity index is 944. The maximum absolute atomic E-state index is 11.9. The number of hydrogen-bond donors (Lipinski definition) is 0. The second-order valence-electron chi connectivity index (χ2n) is 6.38. The van der Waals surface area contributed by atoms with Crippen LogP contribution in [0.15, 0.2) is 36.4 Å². The van der Waals surface area contributed by atoms with E-state index in [4.69, 9.17) is 14.2 Å². The van der Waals surface area contributed by atoms with Crippen molar-refractivity contribution in [3.63, 3.8) is 0 Å². The quantitative estimate of drug-likeness (QED) is 0.423. The first-order valence-electron chi connectivity index (χ1n) is 9.04. The molecule has 3 rings (SSSR count). The van der Waals surface area contributed by atoms with E-state index in [0.29, 0.717) is 17.1 Å². The highest BCUT2D eigenvalue weighted by molar-refractivity contribution is 6.06. The molecule has 1 heterocycles.